The van der Waals surface area contributed by atoms with Crippen molar-refractivity contribution in [2.24, 2.45) is 22.7 Å². The Hall–Kier alpha value is -2.69. The number of methoxy groups -OCH3 is 1. The number of alkyl carbamates (subject to hydrolysis) is 1. The van der Waals surface area contributed by atoms with Crippen molar-refractivity contribution >= 4 is 12.3 Å². The summed E-state index contributed by atoms with van der Waals surface area (Å²) in [5.74, 6) is 0.891. The molecule has 35 heavy (non-hydrogen) atoms. The molecule has 5 heteroatoms. The normalized spacial score (nSPS) is 20.2. The van der Waals surface area contributed by atoms with Crippen LogP contribution in [0.25, 0.3) is 0 Å². The van der Waals surface area contributed by atoms with Crippen LogP contribution >= 0.6 is 0 Å². The summed E-state index contributed by atoms with van der Waals surface area (Å²) in [4.78, 5) is 16.7. The third-order valence-corrected chi connectivity index (χ3v) is 7.06. The maximum Gasteiger partial charge on any atom is 0.407 e. The van der Waals surface area contributed by atoms with E-state index in [0.717, 1.165) is 24.1 Å². The molecular formula is C30H43FN2O2. The lowest BCUT2D eigenvalue weighted by Gasteiger charge is -2.34. The van der Waals surface area contributed by atoms with E-state index in [-0.39, 0.29) is 23.9 Å². The maximum absolute atomic E-state index is 13.8. The second-order valence-electron chi connectivity index (χ2n) is 9.61. The average Bonchev–Trinajstić information content (AvgIpc) is 3.09. The quantitative estimate of drug-likeness (QED) is 0.302. The fourth-order valence-corrected chi connectivity index (χ4v) is 5.09. The Morgan fingerprint density at radius 3 is 2.71 bits per heavy atom. The second-order valence-corrected chi connectivity index (χ2v) is 9.61. The molecule has 0 bridgehead atoms. The molecule has 0 saturated heterocycles. The fraction of sp³-hybridized carbons (Fsp3) is 0.533. The number of hydrogen-bond donors (Lipinski definition) is 1. The minimum Gasteiger partial charge on any atom is -0.453 e. The average molecular weight is 483 g/mol. The van der Waals surface area contributed by atoms with Crippen molar-refractivity contribution in [3.63, 3.8) is 0 Å². The lowest BCUT2D eigenvalue weighted by Crippen LogP contribution is -2.43. The summed E-state index contributed by atoms with van der Waals surface area (Å²) in [7, 11) is 1.43. The number of allylic oxidation sites excluding steroid dienone is 10. The minimum absolute atomic E-state index is 0.0808. The first kappa shape index (κ1) is 28.5. The van der Waals surface area contributed by atoms with Gasteiger partial charge in [0.25, 0.3) is 0 Å². The van der Waals surface area contributed by atoms with Crippen LogP contribution in [0.1, 0.15) is 72.1 Å². The number of nitrogens with one attached hydrogen (secondary N) is 1. The smallest absolute Gasteiger partial charge is 0.407 e. The van der Waals surface area contributed by atoms with Gasteiger partial charge in [0.15, 0.2) is 0 Å². The zero-order valence-corrected chi connectivity index (χ0v) is 21.9. The lowest BCUT2D eigenvalue weighted by molar-refractivity contribution is 0.149. The first-order valence-electron chi connectivity index (χ1n) is 13.0. The summed E-state index contributed by atoms with van der Waals surface area (Å²) in [5, 5.41) is 3.14. The van der Waals surface area contributed by atoms with Crippen molar-refractivity contribution < 1.29 is 13.9 Å². The van der Waals surface area contributed by atoms with E-state index in [1.165, 1.54) is 51.4 Å². The van der Waals surface area contributed by atoms with E-state index < -0.39 is 0 Å². The van der Waals surface area contributed by atoms with Crippen LogP contribution in [-0.2, 0) is 4.74 Å². The summed E-state index contributed by atoms with van der Waals surface area (Å²) in [5.41, 5.74) is 2.29. The van der Waals surface area contributed by atoms with Crippen LogP contribution in [0.4, 0.5) is 9.18 Å². The van der Waals surface area contributed by atoms with Crippen LogP contribution in [0.15, 0.2) is 76.8 Å². The van der Waals surface area contributed by atoms with Gasteiger partial charge in [0.1, 0.15) is 5.83 Å². The highest BCUT2D eigenvalue weighted by atomic mass is 19.1. The Morgan fingerprint density at radius 1 is 1.31 bits per heavy atom. The summed E-state index contributed by atoms with van der Waals surface area (Å²) in [6, 6.07) is 0.0808. The molecule has 0 aromatic rings. The first-order valence-corrected chi connectivity index (χ1v) is 13.0. The number of carbonyl (C=O) groups excluding carboxylic acids is 1. The largest absolute Gasteiger partial charge is 0.453 e. The van der Waals surface area contributed by atoms with Gasteiger partial charge in [-0.15, -0.1) is 0 Å². The summed E-state index contributed by atoms with van der Waals surface area (Å²) < 4.78 is 18.7. The van der Waals surface area contributed by atoms with E-state index in [4.69, 9.17) is 4.74 Å². The highest BCUT2D eigenvalue weighted by molar-refractivity contribution is 5.87. The van der Waals surface area contributed by atoms with Gasteiger partial charge in [-0.2, -0.15) is 0 Å². The van der Waals surface area contributed by atoms with E-state index in [1.54, 1.807) is 19.2 Å². The van der Waals surface area contributed by atoms with Crippen molar-refractivity contribution in [2.75, 3.05) is 7.11 Å². The number of halogens is 1. The van der Waals surface area contributed by atoms with Crippen LogP contribution < -0.4 is 5.32 Å². The number of rotatable bonds is 11. The summed E-state index contributed by atoms with van der Waals surface area (Å²) in [6.07, 6.45) is 23.2. The van der Waals surface area contributed by atoms with Crippen LogP contribution in [-0.4, -0.2) is 25.5 Å². The van der Waals surface area contributed by atoms with Crippen molar-refractivity contribution in [1.82, 2.24) is 5.32 Å². The Bertz CT molecular complexity index is 888. The van der Waals surface area contributed by atoms with Crippen molar-refractivity contribution in [1.29, 1.82) is 0 Å². The van der Waals surface area contributed by atoms with Gasteiger partial charge in [-0.05, 0) is 66.9 Å². The maximum atomic E-state index is 13.8. The van der Waals surface area contributed by atoms with Crippen LogP contribution in [0, 0.1) is 17.8 Å². The van der Waals surface area contributed by atoms with Gasteiger partial charge in [-0.1, -0.05) is 83.3 Å². The molecule has 3 atom stereocenters. The molecule has 0 radical (unpaired) electrons. The first-order chi connectivity index (χ1) is 16.9. The molecule has 1 fully saturated rings. The van der Waals surface area contributed by atoms with Gasteiger partial charge in [0, 0.05) is 12.3 Å². The van der Waals surface area contributed by atoms with Crippen LogP contribution in [0.3, 0.4) is 0 Å². The predicted molar refractivity (Wildman–Crippen MR) is 145 cm³/mol. The second kappa shape index (κ2) is 15.3. The molecule has 1 heterocycles. The van der Waals surface area contributed by atoms with Crippen molar-refractivity contribution in [3.05, 3.63) is 71.8 Å². The molecule has 0 aromatic carbocycles. The Labute approximate surface area is 211 Å². The number of hydrogen-bond acceptors (Lipinski definition) is 3. The molecule has 192 valence electrons. The number of amides is 1. The third-order valence-electron chi connectivity index (χ3n) is 7.06. The van der Waals surface area contributed by atoms with E-state index in [2.05, 4.69) is 49.0 Å². The van der Waals surface area contributed by atoms with Gasteiger partial charge >= 0.3 is 6.09 Å². The Morgan fingerprint density at radius 2 is 2.06 bits per heavy atom. The molecule has 2 aliphatic rings. The van der Waals surface area contributed by atoms with Crippen LogP contribution in [0.2, 0.25) is 0 Å². The topological polar surface area (TPSA) is 50.7 Å². The van der Waals surface area contributed by atoms with Gasteiger partial charge in [-0.3, -0.25) is 4.99 Å². The Kier molecular flexibility index (Phi) is 12.5. The number of carbonyl (C=O) groups is 1. The number of nitrogens with zero attached hydrogens (tertiary/aromatic N) is 1. The van der Waals surface area contributed by atoms with E-state index in [9.17, 15) is 9.18 Å². The molecule has 1 unspecified atom stereocenters. The highest BCUT2D eigenvalue weighted by Gasteiger charge is 2.29. The summed E-state index contributed by atoms with van der Waals surface area (Å²) in [6.45, 7) is 10.1. The van der Waals surface area contributed by atoms with Crippen LogP contribution in [0.5, 0.6) is 0 Å². The summed E-state index contributed by atoms with van der Waals surface area (Å²) >= 11 is 0. The van der Waals surface area contributed by atoms with Crippen molar-refractivity contribution in [3.8, 4) is 0 Å². The third kappa shape index (κ3) is 9.83. The van der Waals surface area contributed by atoms with Gasteiger partial charge < -0.3 is 10.1 Å². The zero-order valence-electron chi connectivity index (χ0n) is 21.9. The fourth-order valence-electron chi connectivity index (χ4n) is 5.09. The Balaban J connectivity index is 2.07. The van der Waals surface area contributed by atoms with Crippen molar-refractivity contribution in [2.45, 2.75) is 78.2 Å². The molecule has 1 aliphatic carbocycles. The molecule has 4 nitrogen and oxygen atoms in total. The van der Waals surface area contributed by atoms with E-state index in [0.29, 0.717) is 23.8 Å². The molecule has 2 rings (SSSR count). The number of aliphatic imine (C=N–C) groups is 1. The molecule has 0 aromatic heterocycles. The zero-order chi connectivity index (χ0) is 25.6. The standard InChI is InChI=1S/C30H43FN2O2/c1-6-12-26(31)19-23(4)25-15-11-16-27(32-21-25)18-17-22(3)28(7-2)29(33-30(34)35-5)20-24-13-9-8-10-14-24/h6,12,15-19,21-22,24,28-29H,4,7-11,13-14,20H2,1-3,5H3,(H,33,34)/b12-6-,18-17+,26-19+/t22-,28?,29+/m1/s1. The van der Waals surface area contributed by atoms with Gasteiger partial charge in [0.05, 0.1) is 12.8 Å². The molecule has 1 saturated carbocycles. The molecule has 1 N–H and O–H groups in total. The van der Waals surface area contributed by atoms with E-state index in [1.807, 2.05) is 6.08 Å². The highest BCUT2D eigenvalue weighted by Crippen LogP contribution is 2.32. The van der Waals surface area contributed by atoms with Gasteiger partial charge in [0.2, 0.25) is 0 Å². The minimum atomic E-state index is -0.352. The number of ether oxygens (including phenoxy) is 1. The monoisotopic (exact) mass is 482 g/mol. The SMILES string of the molecule is C=C(/C=C(F)\C=C/C)C1=CCC=C(/C=C/[C@@H](C)C(CC)[C@H](CC2CCCCC2)NC(=O)OC)N=C1. The molecule has 1 aliphatic heterocycles. The van der Waals surface area contributed by atoms with Gasteiger partial charge in [-0.25, -0.2) is 9.18 Å². The molecule has 0 spiro atoms. The van der Waals surface area contributed by atoms with E-state index >= 15 is 0 Å². The molecular weight excluding hydrogens is 439 g/mol. The molecule has 1 amide bonds. The predicted octanol–water partition coefficient (Wildman–Crippen LogP) is 8.17. The lowest BCUT2D eigenvalue weighted by atomic mass is 9.77.